The zero-order valence-corrected chi connectivity index (χ0v) is 15.9. The molecule has 2 aliphatic heterocycles. The summed E-state index contributed by atoms with van der Waals surface area (Å²) < 4.78 is 0. The summed E-state index contributed by atoms with van der Waals surface area (Å²) in [6, 6.07) is 10.9. The summed E-state index contributed by atoms with van der Waals surface area (Å²) in [6.07, 6.45) is 3.98. The Morgan fingerprint density at radius 2 is 1.68 bits per heavy atom. The van der Waals surface area contributed by atoms with Gasteiger partial charge in [0.1, 0.15) is 5.54 Å². The van der Waals surface area contributed by atoms with Gasteiger partial charge < -0.3 is 10.2 Å². The summed E-state index contributed by atoms with van der Waals surface area (Å²) in [7, 11) is 0. The van der Waals surface area contributed by atoms with E-state index in [0.29, 0.717) is 19.0 Å². The minimum Gasteiger partial charge on any atom is -0.338 e. The van der Waals surface area contributed by atoms with Crippen LogP contribution in [-0.4, -0.2) is 64.6 Å². The molecule has 0 radical (unpaired) electrons. The molecule has 1 aromatic carbocycles. The van der Waals surface area contributed by atoms with Crippen molar-refractivity contribution in [2.75, 3.05) is 37.7 Å². The smallest absolute Gasteiger partial charge is 0.326 e. The number of anilines is 1. The van der Waals surface area contributed by atoms with Crippen LogP contribution in [0, 0.1) is 0 Å². The van der Waals surface area contributed by atoms with E-state index >= 15 is 0 Å². The first-order valence-electron chi connectivity index (χ1n) is 9.58. The summed E-state index contributed by atoms with van der Waals surface area (Å²) in [5, 5.41) is 2.94. The van der Waals surface area contributed by atoms with Crippen LogP contribution in [0.15, 0.2) is 48.8 Å². The number of carbonyl (C=O) groups is 2. The Morgan fingerprint density at radius 3 is 2.32 bits per heavy atom. The first-order chi connectivity index (χ1) is 13.6. The Bertz CT molecular complexity index is 838. The van der Waals surface area contributed by atoms with E-state index < -0.39 is 5.54 Å². The molecular weight excluding hydrogens is 356 g/mol. The third-order valence-corrected chi connectivity index (χ3v) is 5.52. The van der Waals surface area contributed by atoms with E-state index in [-0.39, 0.29) is 11.9 Å². The second-order valence-corrected chi connectivity index (χ2v) is 7.08. The van der Waals surface area contributed by atoms with E-state index in [1.165, 1.54) is 4.90 Å². The fraction of sp³-hybridized carbons (Fsp3) is 0.400. The van der Waals surface area contributed by atoms with E-state index in [4.69, 9.17) is 0 Å². The molecule has 4 rings (SSSR count). The molecule has 0 saturated carbocycles. The lowest BCUT2D eigenvalue weighted by molar-refractivity contribution is -0.133. The second kappa shape index (κ2) is 7.55. The number of urea groups is 1. The Balaban J connectivity index is 1.43. The maximum atomic E-state index is 13.2. The number of imide groups is 1. The highest BCUT2D eigenvalue weighted by molar-refractivity contribution is 6.07. The van der Waals surface area contributed by atoms with Gasteiger partial charge >= 0.3 is 6.03 Å². The van der Waals surface area contributed by atoms with Gasteiger partial charge in [-0.05, 0) is 18.1 Å². The van der Waals surface area contributed by atoms with Crippen molar-refractivity contribution in [1.29, 1.82) is 0 Å². The van der Waals surface area contributed by atoms with Gasteiger partial charge in [0.05, 0.1) is 6.67 Å². The normalized spacial score (nSPS) is 23.2. The molecule has 0 aliphatic carbocycles. The number of hydrogen-bond donors (Lipinski definition) is 1. The van der Waals surface area contributed by atoms with Crippen LogP contribution in [0.2, 0.25) is 0 Å². The zero-order chi connectivity index (χ0) is 19.6. The van der Waals surface area contributed by atoms with Gasteiger partial charge in [0.2, 0.25) is 5.95 Å². The summed E-state index contributed by atoms with van der Waals surface area (Å²) in [5.41, 5.74) is -0.151. The van der Waals surface area contributed by atoms with Crippen LogP contribution in [0.1, 0.15) is 18.9 Å². The fourth-order valence-electron chi connectivity index (χ4n) is 3.86. The van der Waals surface area contributed by atoms with Crippen molar-refractivity contribution in [2.24, 2.45) is 0 Å². The quantitative estimate of drug-likeness (QED) is 0.790. The van der Waals surface area contributed by atoms with Gasteiger partial charge in [-0.2, -0.15) is 0 Å². The van der Waals surface area contributed by atoms with Crippen LogP contribution in [0.4, 0.5) is 10.7 Å². The van der Waals surface area contributed by atoms with Gasteiger partial charge in [-0.25, -0.2) is 19.7 Å². The number of aromatic nitrogens is 2. The van der Waals surface area contributed by atoms with Gasteiger partial charge in [-0.15, -0.1) is 0 Å². The first-order valence-corrected chi connectivity index (χ1v) is 9.58. The molecule has 2 aromatic rings. The number of nitrogens with zero attached hydrogens (tertiary/aromatic N) is 5. The van der Waals surface area contributed by atoms with E-state index in [1.54, 1.807) is 18.5 Å². The lowest BCUT2D eigenvalue weighted by Gasteiger charge is -2.36. The first kappa shape index (κ1) is 18.4. The fourth-order valence-corrected chi connectivity index (χ4v) is 3.86. The summed E-state index contributed by atoms with van der Waals surface area (Å²) >= 11 is 0. The molecule has 0 unspecified atom stereocenters. The third kappa shape index (κ3) is 3.20. The molecule has 0 spiro atoms. The van der Waals surface area contributed by atoms with Gasteiger partial charge in [0.25, 0.3) is 5.91 Å². The molecule has 8 nitrogen and oxygen atoms in total. The van der Waals surface area contributed by atoms with Crippen LogP contribution in [-0.2, 0) is 10.3 Å². The molecule has 8 heteroatoms. The maximum Gasteiger partial charge on any atom is 0.326 e. The zero-order valence-electron chi connectivity index (χ0n) is 15.9. The standard InChI is InChI=1S/C20H24N6O2/c1-2-20(16-7-4-3-5-8-16)17(27)26(19(28)23-20)15-24-11-13-25(14-12-24)18-21-9-6-10-22-18/h3-10H,2,11-15H2,1H3,(H,23,28)/t20-/m0/s1. The molecule has 3 amide bonds. The minimum absolute atomic E-state index is 0.181. The van der Waals surface area contributed by atoms with Crippen molar-refractivity contribution >= 4 is 17.9 Å². The SMILES string of the molecule is CC[C@@]1(c2ccccc2)NC(=O)N(CN2CCN(c3ncccn3)CC2)C1=O. The Morgan fingerprint density at radius 1 is 1.00 bits per heavy atom. The van der Waals surface area contributed by atoms with Crippen molar-refractivity contribution < 1.29 is 9.59 Å². The number of nitrogens with one attached hydrogen (secondary N) is 1. The van der Waals surface area contributed by atoms with Crippen LogP contribution in [0.25, 0.3) is 0 Å². The molecular formula is C20H24N6O2. The second-order valence-electron chi connectivity index (χ2n) is 7.08. The van der Waals surface area contributed by atoms with Gasteiger partial charge in [0.15, 0.2) is 0 Å². The third-order valence-electron chi connectivity index (χ3n) is 5.52. The lowest BCUT2D eigenvalue weighted by Crippen LogP contribution is -2.52. The maximum absolute atomic E-state index is 13.2. The molecule has 1 N–H and O–H groups in total. The number of rotatable bonds is 5. The number of carbonyl (C=O) groups excluding carboxylic acids is 2. The van der Waals surface area contributed by atoms with Gasteiger partial charge in [0, 0.05) is 38.6 Å². The molecule has 3 heterocycles. The summed E-state index contributed by atoms with van der Waals surface area (Å²) in [4.78, 5) is 40.0. The lowest BCUT2D eigenvalue weighted by atomic mass is 9.87. The molecule has 2 fully saturated rings. The Labute approximate surface area is 164 Å². The monoisotopic (exact) mass is 380 g/mol. The highest BCUT2D eigenvalue weighted by Gasteiger charge is 2.51. The van der Waals surface area contributed by atoms with Gasteiger partial charge in [-0.1, -0.05) is 37.3 Å². The molecule has 2 aliphatic rings. The van der Waals surface area contributed by atoms with Crippen LogP contribution >= 0.6 is 0 Å². The molecule has 1 atom stereocenters. The van der Waals surface area contributed by atoms with Crippen molar-refractivity contribution in [1.82, 2.24) is 25.1 Å². The predicted molar refractivity (Wildman–Crippen MR) is 104 cm³/mol. The topological polar surface area (TPSA) is 81.7 Å². The molecule has 0 bridgehead atoms. The van der Waals surface area contributed by atoms with Crippen molar-refractivity contribution in [3.63, 3.8) is 0 Å². The number of piperazine rings is 1. The molecule has 1 aromatic heterocycles. The molecule has 146 valence electrons. The Kier molecular flexibility index (Phi) is 4.95. The van der Waals surface area contributed by atoms with Crippen LogP contribution < -0.4 is 10.2 Å². The van der Waals surface area contributed by atoms with Gasteiger partial charge in [-0.3, -0.25) is 9.69 Å². The van der Waals surface area contributed by atoms with E-state index in [0.717, 1.165) is 31.7 Å². The Hall–Kier alpha value is -3.00. The number of benzene rings is 1. The number of amides is 3. The minimum atomic E-state index is -0.974. The van der Waals surface area contributed by atoms with Crippen molar-refractivity contribution in [3.05, 3.63) is 54.4 Å². The van der Waals surface area contributed by atoms with E-state index in [9.17, 15) is 9.59 Å². The molecule has 2 saturated heterocycles. The number of hydrogen-bond acceptors (Lipinski definition) is 6. The van der Waals surface area contributed by atoms with E-state index in [1.807, 2.05) is 37.3 Å². The van der Waals surface area contributed by atoms with Crippen LogP contribution in [0.5, 0.6) is 0 Å². The average molecular weight is 380 g/mol. The molecule has 28 heavy (non-hydrogen) atoms. The van der Waals surface area contributed by atoms with Crippen molar-refractivity contribution in [2.45, 2.75) is 18.9 Å². The highest BCUT2D eigenvalue weighted by atomic mass is 16.2. The van der Waals surface area contributed by atoms with E-state index in [2.05, 4.69) is 25.1 Å². The van der Waals surface area contributed by atoms with Crippen LogP contribution in [0.3, 0.4) is 0 Å². The highest BCUT2D eigenvalue weighted by Crippen LogP contribution is 2.32. The summed E-state index contributed by atoms with van der Waals surface area (Å²) in [6.45, 7) is 5.20. The largest absolute Gasteiger partial charge is 0.338 e. The van der Waals surface area contributed by atoms with Crippen molar-refractivity contribution in [3.8, 4) is 0 Å². The summed E-state index contributed by atoms with van der Waals surface area (Å²) in [5.74, 6) is 0.534. The predicted octanol–water partition coefficient (Wildman–Crippen LogP) is 1.41. The average Bonchev–Trinajstić information content (AvgIpc) is 3.00.